The molecule has 0 rings (SSSR count). The van der Waals surface area contributed by atoms with Crippen LogP contribution < -0.4 is 5.73 Å². The first-order valence-corrected chi connectivity index (χ1v) is 4.21. The summed E-state index contributed by atoms with van der Waals surface area (Å²) in [6.07, 6.45) is 2.41. The fourth-order valence-electron chi connectivity index (χ4n) is 0.846. The summed E-state index contributed by atoms with van der Waals surface area (Å²) in [7, 11) is 0. The van der Waals surface area contributed by atoms with Gasteiger partial charge in [-0.3, -0.25) is 0 Å². The Hall–Kier alpha value is -0.0400. The molecular weight excluding hydrogens is 122 g/mol. The summed E-state index contributed by atoms with van der Waals surface area (Å²) < 4.78 is 0. The zero-order valence-corrected chi connectivity index (χ0v) is 7.78. The van der Waals surface area contributed by atoms with Gasteiger partial charge in [-0.25, -0.2) is 0 Å². The van der Waals surface area contributed by atoms with Crippen molar-refractivity contribution in [3.8, 4) is 0 Å². The normalized spacial score (nSPS) is 12.6. The molecule has 0 aliphatic rings. The van der Waals surface area contributed by atoms with E-state index in [9.17, 15) is 0 Å². The Balaban J connectivity index is 3.63. The van der Waals surface area contributed by atoms with E-state index >= 15 is 0 Å². The van der Waals surface area contributed by atoms with E-state index in [1.54, 1.807) is 0 Å². The lowest BCUT2D eigenvalue weighted by molar-refractivity contribution is 0.225. The molecule has 10 heavy (non-hydrogen) atoms. The fourth-order valence-corrected chi connectivity index (χ4v) is 0.846. The Morgan fingerprint density at radius 3 is 2.10 bits per heavy atom. The van der Waals surface area contributed by atoms with Crippen LogP contribution in [0.1, 0.15) is 40.5 Å². The van der Waals surface area contributed by atoms with Gasteiger partial charge in [0.1, 0.15) is 0 Å². The zero-order valence-electron chi connectivity index (χ0n) is 7.78. The predicted octanol–water partition coefficient (Wildman–Crippen LogP) is 2.41. The molecule has 0 saturated carbocycles. The van der Waals surface area contributed by atoms with E-state index in [2.05, 4.69) is 27.7 Å². The van der Waals surface area contributed by atoms with E-state index in [0.29, 0.717) is 5.41 Å². The molecule has 0 bridgehead atoms. The highest BCUT2D eigenvalue weighted by atomic mass is 14.5. The average Bonchev–Trinajstić information content (AvgIpc) is 1.84. The van der Waals surface area contributed by atoms with Crippen molar-refractivity contribution in [2.75, 3.05) is 6.54 Å². The number of hydrogen-bond acceptors (Lipinski definition) is 1. The van der Waals surface area contributed by atoms with Crippen molar-refractivity contribution in [1.82, 2.24) is 0 Å². The van der Waals surface area contributed by atoms with Gasteiger partial charge in [0.25, 0.3) is 0 Å². The van der Waals surface area contributed by atoms with Crippen LogP contribution in [0, 0.1) is 11.3 Å². The van der Waals surface area contributed by atoms with E-state index in [1.807, 2.05) is 0 Å². The van der Waals surface area contributed by atoms with Crippen molar-refractivity contribution in [1.29, 1.82) is 0 Å². The second-order valence-electron chi connectivity index (χ2n) is 4.04. The van der Waals surface area contributed by atoms with Crippen molar-refractivity contribution >= 4 is 0 Å². The Kier molecular flexibility index (Phi) is 3.95. The first-order chi connectivity index (χ1) is 4.50. The van der Waals surface area contributed by atoms with Gasteiger partial charge in [-0.15, -0.1) is 0 Å². The van der Waals surface area contributed by atoms with Gasteiger partial charge >= 0.3 is 0 Å². The molecular formula is C9H21N. The first-order valence-electron chi connectivity index (χ1n) is 4.21. The smallest absolute Gasteiger partial charge is 0.00771 e. The van der Waals surface area contributed by atoms with Gasteiger partial charge in [-0.2, -0.15) is 0 Å². The molecule has 1 nitrogen and oxygen atoms in total. The van der Waals surface area contributed by atoms with Crippen LogP contribution in [-0.2, 0) is 0 Å². The Labute approximate surface area is 65.0 Å². The minimum atomic E-state index is 0.472. The highest BCUT2D eigenvalue weighted by Gasteiger charge is 2.20. The van der Waals surface area contributed by atoms with Crippen LogP contribution in [0.3, 0.4) is 0 Å². The van der Waals surface area contributed by atoms with E-state index in [1.165, 1.54) is 6.42 Å². The van der Waals surface area contributed by atoms with E-state index in [-0.39, 0.29) is 0 Å². The Bertz CT molecular complexity index is 84.7. The van der Waals surface area contributed by atoms with Gasteiger partial charge < -0.3 is 5.73 Å². The first kappa shape index (κ1) is 9.96. The summed E-state index contributed by atoms with van der Waals surface area (Å²) in [6.45, 7) is 10.0. The summed E-state index contributed by atoms with van der Waals surface area (Å²) in [4.78, 5) is 0. The molecule has 0 atom stereocenters. The van der Waals surface area contributed by atoms with Crippen LogP contribution in [-0.4, -0.2) is 6.54 Å². The molecule has 0 amide bonds. The van der Waals surface area contributed by atoms with E-state index < -0.39 is 0 Å². The summed E-state index contributed by atoms with van der Waals surface area (Å²) in [5, 5.41) is 0. The van der Waals surface area contributed by atoms with Gasteiger partial charge in [0.05, 0.1) is 0 Å². The minimum absolute atomic E-state index is 0.472. The molecule has 0 aliphatic carbocycles. The lowest BCUT2D eigenvalue weighted by Crippen LogP contribution is -2.20. The van der Waals surface area contributed by atoms with Crippen molar-refractivity contribution in [3.63, 3.8) is 0 Å². The van der Waals surface area contributed by atoms with Crippen molar-refractivity contribution in [2.45, 2.75) is 40.5 Å². The maximum atomic E-state index is 5.44. The van der Waals surface area contributed by atoms with Gasteiger partial charge in [0.2, 0.25) is 0 Å². The van der Waals surface area contributed by atoms with Crippen LogP contribution in [0.2, 0.25) is 0 Å². The van der Waals surface area contributed by atoms with Crippen molar-refractivity contribution in [2.24, 2.45) is 17.1 Å². The summed E-state index contributed by atoms with van der Waals surface area (Å²) >= 11 is 0. The van der Waals surface area contributed by atoms with Crippen molar-refractivity contribution in [3.05, 3.63) is 0 Å². The molecule has 2 N–H and O–H groups in total. The van der Waals surface area contributed by atoms with Gasteiger partial charge in [-0.1, -0.05) is 27.7 Å². The third-order valence-corrected chi connectivity index (χ3v) is 2.59. The van der Waals surface area contributed by atoms with Crippen LogP contribution >= 0.6 is 0 Å². The number of nitrogens with two attached hydrogens (primary N) is 1. The molecule has 0 radical (unpaired) electrons. The zero-order chi connectivity index (χ0) is 8.20. The standard InChI is InChI=1S/C9H21N/c1-8(2)9(3,4)6-5-7-10/h8H,5-7,10H2,1-4H3. The van der Waals surface area contributed by atoms with Gasteiger partial charge in [-0.05, 0) is 30.7 Å². The quantitative estimate of drug-likeness (QED) is 0.642. The molecule has 0 fully saturated rings. The molecule has 0 unspecified atom stereocenters. The van der Waals surface area contributed by atoms with Crippen LogP contribution in [0.4, 0.5) is 0 Å². The fraction of sp³-hybridized carbons (Fsp3) is 1.00. The molecule has 62 valence electrons. The third-order valence-electron chi connectivity index (χ3n) is 2.59. The minimum Gasteiger partial charge on any atom is -0.330 e. The van der Waals surface area contributed by atoms with Gasteiger partial charge in [0, 0.05) is 0 Å². The van der Waals surface area contributed by atoms with Crippen LogP contribution in [0.25, 0.3) is 0 Å². The number of hydrogen-bond donors (Lipinski definition) is 1. The van der Waals surface area contributed by atoms with Crippen LogP contribution in [0.5, 0.6) is 0 Å². The maximum Gasteiger partial charge on any atom is -0.00771 e. The van der Waals surface area contributed by atoms with Gasteiger partial charge in [0.15, 0.2) is 0 Å². The maximum absolute atomic E-state index is 5.44. The Morgan fingerprint density at radius 2 is 1.80 bits per heavy atom. The molecule has 1 heteroatoms. The molecule has 0 aliphatic heterocycles. The number of rotatable bonds is 4. The second-order valence-corrected chi connectivity index (χ2v) is 4.04. The SMILES string of the molecule is CC(C)C(C)(C)CCCN. The topological polar surface area (TPSA) is 26.0 Å². The predicted molar refractivity (Wildman–Crippen MR) is 46.9 cm³/mol. The van der Waals surface area contributed by atoms with Crippen LogP contribution in [0.15, 0.2) is 0 Å². The highest BCUT2D eigenvalue weighted by Crippen LogP contribution is 2.30. The highest BCUT2D eigenvalue weighted by molar-refractivity contribution is 4.71. The largest absolute Gasteiger partial charge is 0.330 e. The average molecular weight is 143 g/mol. The Morgan fingerprint density at radius 1 is 1.30 bits per heavy atom. The molecule has 0 aromatic carbocycles. The molecule has 0 aromatic rings. The molecule has 0 aromatic heterocycles. The second kappa shape index (κ2) is 3.97. The summed E-state index contributed by atoms with van der Waals surface area (Å²) in [6, 6.07) is 0. The lowest BCUT2D eigenvalue weighted by Gasteiger charge is -2.28. The van der Waals surface area contributed by atoms with Crippen molar-refractivity contribution < 1.29 is 0 Å². The molecule has 0 heterocycles. The molecule has 0 saturated heterocycles. The summed E-state index contributed by atoms with van der Waals surface area (Å²) in [5.41, 5.74) is 5.91. The monoisotopic (exact) mass is 143 g/mol. The van der Waals surface area contributed by atoms with E-state index in [0.717, 1.165) is 18.9 Å². The third kappa shape index (κ3) is 3.21. The lowest BCUT2D eigenvalue weighted by atomic mass is 9.77. The molecule has 0 spiro atoms. The van der Waals surface area contributed by atoms with E-state index in [4.69, 9.17) is 5.73 Å². The summed E-state index contributed by atoms with van der Waals surface area (Å²) in [5.74, 6) is 0.763.